The van der Waals surface area contributed by atoms with Crippen molar-refractivity contribution in [2.75, 3.05) is 6.61 Å². The molecule has 0 N–H and O–H groups in total. The first-order chi connectivity index (χ1) is 7.10. The minimum atomic E-state index is -1.60. The molecule has 1 unspecified atom stereocenters. The van der Waals surface area contributed by atoms with Gasteiger partial charge in [-0.25, -0.2) is 0 Å². The minimum absolute atomic E-state index is 0.288. The van der Waals surface area contributed by atoms with Crippen LogP contribution in [-0.2, 0) is 4.43 Å². The van der Waals surface area contributed by atoms with Crippen molar-refractivity contribution in [2.24, 2.45) is 0 Å². The molecule has 0 heterocycles. The van der Waals surface area contributed by atoms with E-state index < -0.39 is 8.32 Å². The van der Waals surface area contributed by atoms with Crippen LogP contribution in [0.15, 0.2) is 11.0 Å². The Labute approximate surface area is 115 Å². The fraction of sp³-hybridized carbons (Fsp3) is 0.833. The van der Waals surface area contributed by atoms with Gasteiger partial charge in [0.05, 0.1) is 10.8 Å². The molecule has 0 rings (SSSR count). The van der Waals surface area contributed by atoms with Crippen LogP contribution in [0, 0.1) is 0 Å². The highest BCUT2D eigenvalue weighted by Crippen LogP contribution is 2.37. The van der Waals surface area contributed by atoms with Crippen LogP contribution < -0.4 is 0 Å². The third-order valence-electron chi connectivity index (χ3n) is 3.02. The summed E-state index contributed by atoms with van der Waals surface area (Å²) in [5.41, 5.74) is 0. The first kappa shape index (κ1) is 16.7. The number of hydrogen-bond donors (Lipinski definition) is 0. The molecule has 1 nitrogen and oxygen atoms in total. The van der Waals surface area contributed by atoms with Gasteiger partial charge in [0.2, 0.25) is 0 Å². The Morgan fingerprint density at radius 3 is 2.25 bits per heavy atom. The second-order valence-electron chi connectivity index (χ2n) is 5.46. The molecule has 16 heavy (non-hydrogen) atoms. The lowest BCUT2D eigenvalue weighted by atomic mass is 10.2. The lowest BCUT2D eigenvalue weighted by Gasteiger charge is -2.36. The highest BCUT2D eigenvalue weighted by atomic mass is 79.9. The monoisotopic (exact) mass is 324 g/mol. The summed E-state index contributed by atoms with van der Waals surface area (Å²) in [6.07, 6.45) is 2.15. The molecule has 0 aromatic rings. The highest BCUT2D eigenvalue weighted by molar-refractivity contribution is 9.11. The molecule has 4 heteroatoms. The maximum Gasteiger partial charge on any atom is 0.192 e. The molecule has 0 bridgehead atoms. The van der Waals surface area contributed by atoms with Crippen molar-refractivity contribution in [3.05, 3.63) is 11.0 Å². The van der Waals surface area contributed by atoms with Crippen molar-refractivity contribution >= 4 is 36.0 Å². The molecular weight excluding hydrogens is 300 g/mol. The third-order valence-corrected chi connectivity index (χ3v) is 9.04. The lowest BCUT2D eigenvalue weighted by molar-refractivity contribution is 0.325. The smallest absolute Gasteiger partial charge is 0.192 e. The SMILES string of the molecule is C/C=C(/CO[Si](C)(C)C(C)(C)C)SC(C)Br. The maximum atomic E-state index is 6.18. The summed E-state index contributed by atoms with van der Waals surface area (Å²) in [6, 6.07) is 0. The molecule has 1 atom stereocenters. The number of halogens is 1. The summed E-state index contributed by atoms with van der Waals surface area (Å²) in [6.45, 7) is 16.4. The lowest BCUT2D eigenvalue weighted by Crippen LogP contribution is -2.41. The highest BCUT2D eigenvalue weighted by Gasteiger charge is 2.37. The van der Waals surface area contributed by atoms with Crippen LogP contribution in [0.1, 0.15) is 34.6 Å². The Kier molecular flexibility index (Phi) is 6.93. The fourth-order valence-corrected chi connectivity index (χ4v) is 3.32. The standard InChI is InChI=1S/C12H25BrOSSi/c1-8-11(15-10(2)13)9-14-16(6,7)12(3,4)5/h8,10H,9H2,1-7H3/b11-8-. The van der Waals surface area contributed by atoms with Crippen LogP contribution in [0.5, 0.6) is 0 Å². The molecule has 0 aliphatic carbocycles. The van der Waals surface area contributed by atoms with Gasteiger partial charge >= 0.3 is 0 Å². The number of allylic oxidation sites excluding steroid dienone is 1. The minimum Gasteiger partial charge on any atom is -0.412 e. The Balaban J connectivity index is 4.33. The van der Waals surface area contributed by atoms with E-state index in [0.717, 1.165) is 6.61 Å². The topological polar surface area (TPSA) is 9.23 Å². The molecule has 0 amide bonds. The molecule has 0 aliphatic heterocycles. The quantitative estimate of drug-likeness (QED) is 0.495. The van der Waals surface area contributed by atoms with Gasteiger partial charge in [0.15, 0.2) is 8.32 Å². The van der Waals surface area contributed by atoms with Gasteiger partial charge in [-0.05, 0) is 32.0 Å². The van der Waals surface area contributed by atoms with E-state index >= 15 is 0 Å². The fourth-order valence-electron chi connectivity index (χ4n) is 0.862. The van der Waals surface area contributed by atoms with Crippen molar-refractivity contribution in [2.45, 2.75) is 56.9 Å². The largest absolute Gasteiger partial charge is 0.412 e. The van der Waals surface area contributed by atoms with Crippen LogP contribution in [0.2, 0.25) is 18.1 Å². The van der Waals surface area contributed by atoms with E-state index in [0.29, 0.717) is 4.16 Å². The average Bonchev–Trinajstić information content (AvgIpc) is 2.09. The molecule has 0 saturated carbocycles. The summed E-state index contributed by atoms with van der Waals surface area (Å²) >= 11 is 5.38. The summed E-state index contributed by atoms with van der Waals surface area (Å²) < 4.78 is 6.62. The van der Waals surface area contributed by atoms with Crippen LogP contribution in [0.3, 0.4) is 0 Å². The summed E-state index contributed by atoms with van der Waals surface area (Å²) in [7, 11) is -1.60. The van der Waals surface area contributed by atoms with E-state index in [1.807, 2.05) is 11.8 Å². The molecule has 0 aromatic heterocycles. The van der Waals surface area contributed by atoms with Gasteiger partial charge in [-0.15, -0.1) is 11.8 Å². The van der Waals surface area contributed by atoms with Gasteiger partial charge in [-0.1, -0.05) is 42.8 Å². The van der Waals surface area contributed by atoms with Gasteiger partial charge < -0.3 is 4.43 Å². The Bertz CT molecular complexity index is 244. The molecule has 0 saturated heterocycles. The summed E-state index contributed by atoms with van der Waals surface area (Å²) in [5, 5.41) is 0.288. The zero-order chi connectivity index (χ0) is 13.0. The van der Waals surface area contributed by atoms with Crippen molar-refractivity contribution < 1.29 is 4.43 Å². The van der Waals surface area contributed by atoms with Gasteiger partial charge in [-0.2, -0.15) is 0 Å². The number of hydrogen-bond acceptors (Lipinski definition) is 2. The van der Waals surface area contributed by atoms with Crippen LogP contribution in [-0.4, -0.2) is 19.1 Å². The summed E-state index contributed by atoms with van der Waals surface area (Å²) in [4.78, 5) is 1.31. The molecule has 0 radical (unpaired) electrons. The van der Waals surface area contributed by atoms with Crippen molar-refractivity contribution in [3.63, 3.8) is 0 Å². The predicted octanol–water partition coefficient (Wildman–Crippen LogP) is 5.39. The normalized spacial score (nSPS) is 16.4. The molecule has 0 spiro atoms. The first-order valence-corrected chi connectivity index (χ1v) is 10.4. The van der Waals surface area contributed by atoms with E-state index in [2.05, 4.69) is 69.7 Å². The molecule has 0 aliphatic rings. The van der Waals surface area contributed by atoms with E-state index in [-0.39, 0.29) is 5.04 Å². The van der Waals surface area contributed by atoms with Gasteiger partial charge in [0, 0.05) is 4.91 Å². The van der Waals surface area contributed by atoms with E-state index in [1.165, 1.54) is 4.91 Å². The zero-order valence-corrected chi connectivity index (χ0v) is 15.0. The average molecular weight is 325 g/mol. The van der Waals surface area contributed by atoms with Crippen LogP contribution in [0.4, 0.5) is 0 Å². The van der Waals surface area contributed by atoms with E-state index in [4.69, 9.17) is 4.43 Å². The maximum absolute atomic E-state index is 6.18. The Hall–Kier alpha value is 0.747. The Morgan fingerprint density at radius 2 is 1.94 bits per heavy atom. The number of rotatable bonds is 5. The van der Waals surface area contributed by atoms with E-state index in [9.17, 15) is 0 Å². The first-order valence-electron chi connectivity index (χ1n) is 5.70. The van der Waals surface area contributed by atoms with Gasteiger partial charge in [0.1, 0.15) is 0 Å². The molecular formula is C12H25BrOSSi. The van der Waals surface area contributed by atoms with Crippen LogP contribution in [0.25, 0.3) is 0 Å². The third kappa shape index (κ3) is 5.89. The molecule has 0 fully saturated rings. The molecule has 96 valence electrons. The number of alkyl halides is 1. The Morgan fingerprint density at radius 1 is 1.44 bits per heavy atom. The zero-order valence-electron chi connectivity index (χ0n) is 11.6. The molecule has 0 aromatic carbocycles. The van der Waals surface area contributed by atoms with Crippen molar-refractivity contribution in [1.82, 2.24) is 0 Å². The second-order valence-corrected chi connectivity index (χ2v) is 13.7. The predicted molar refractivity (Wildman–Crippen MR) is 82.9 cm³/mol. The van der Waals surface area contributed by atoms with Gasteiger partial charge in [0.25, 0.3) is 0 Å². The van der Waals surface area contributed by atoms with Gasteiger partial charge in [-0.3, -0.25) is 0 Å². The second kappa shape index (κ2) is 6.62. The van der Waals surface area contributed by atoms with Crippen LogP contribution >= 0.6 is 27.7 Å². The summed E-state index contributed by atoms with van der Waals surface area (Å²) in [5.74, 6) is 0. The van der Waals surface area contributed by atoms with E-state index in [1.54, 1.807) is 0 Å². The van der Waals surface area contributed by atoms with Crippen molar-refractivity contribution in [1.29, 1.82) is 0 Å². The number of thioether (sulfide) groups is 1. The van der Waals surface area contributed by atoms with Crippen molar-refractivity contribution in [3.8, 4) is 0 Å².